The number of rotatable bonds is 9. The van der Waals surface area contributed by atoms with E-state index in [4.69, 9.17) is 0 Å². The number of anilines is 1. The zero-order valence-corrected chi connectivity index (χ0v) is 13.1. The van der Waals surface area contributed by atoms with Crippen LogP contribution in [0.2, 0.25) is 0 Å². The first-order valence-electron chi connectivity index (χ1n) is 7.97. The van der Waals surface area contributed by atoms with Crippen molar-refractivity contribution >= 4 is 11.7 Å². The second-order valence-corrected chi connectivity index (χ2v) is 5.45. The number of aromatic nitrogens is 1. The molecule has 1 fully saturated rings. The Kier molecular flexibility index (Phi) is 5.99. The molecule has 1 aliphatic rings. The maximum atomic E-state index is 12.1. The first kappa shape index (κ1) is 15.8. The SMILES string of the molecule is CCCNc1cccc(C(=O)NCCN(CC)C2CC2)n1. The van der Waals surface area contributed by atoms with Crippen LogP contribution in [0.4, 0.5) is 5.82 Å². The van der Waals surface area contributed by atoms with Gasteiger partial charge in [0.05, 0.1) is 0 Å². The van der Waals surface area contributed by atoms with E-state index in [0.29, 0.717) is 12.2 Å². The van der Waals surface area contributed by atoms with Crippen LogP contribution in [0.15, 0.2) is 18.2 Å². The number of hydrogen-bond acceptors (Lipinski definition) is 4. The van der Waals surface area contributed by atoms with Crippen molar-refractivity contribution in [3.63, 3.8) is 0 Å². The second-order valence-electron chi connectivity index (χ2n) is 5.45. The Balaban J connectivity index is 1.79. The molecule has 0 atom stereocenters. The Hall–Kier alpha value is -1.62. The molecule has 0 spiro atoms. The van der Waals surface area contributed by atoms with Crippen LogP contribution in [-0.4, -0.2) is 48.0 Å². The van der Waals surface area contributed by atoms with Gasteiger partial charge in [-0.05, 0) is 37.9 Å². The normalized spacial score (nSPS) is 14.2. The first-order valence-corrected chi connectivity index (χ1v) is 7.97. The number of nitrogens with zero attached hydrogens (tertiary/aromatic N) is 2. The van der Waals surface area contributed by atoms with Crippen molar-refractivity contribution in [2.75, 3.05) is 31.5 Å². The molecule has 1 aliphatic carbocycles. The van der Waals surface area contributed by atoms with E-state index >= 15 is 0 Å². The number of carbonyl (C=O) groups is 1. The highest BCUT2D eigenvalue weighted by Crippen LogP contribution is 2.25. The van der Waals surface area contributed by atoms with Crippen LogP contribution in [0, 0.1) is 0 Å². The predicted molar refractivity (Wildman–Crippen MR) is 85.6 cm³/mol. The van der Waals surface area contributed by atoms with Gasteiger partial charge in [-0.25, -0.2) is 4.98 Å². The highest BCUT2D eigenvalue weighted by molar-refractivity contribution is 5.92. The molecule has 0 saturated heterocycles. The highest BCUT2D eigenvalue weighted by atomic mass is 16.1. The second kappa shape index (κ2) is 7.98. The van der Waals surface area contributed by atoms with E-state index in [1.807, 2.05) is 12.1 Å². The van der Waals surface area contributed by atoms with Crippen LogP contribution < -0.4 is 10.6 Å². The third-order valence-electron chi connectivity index (χ3n) is 3.69. The molecular weight excluding hydrogens is 264 g/mol. The van der Waals surface area contributed by atoms with E-state index in [2.05, 4.69) is 34.4 Å². The summed E-state index contributed by atoms with van der Waals surface area (Å²) in [6, 6.07) is 6.25. The predicted octanol–water partition coefficient (Wildman–Crippen LogP) is 2.12. The zero-order chi connectivity index (χ0) is 15.1. The molecule has 0 aliphatic heterocycles. The van der Waals surface area contributed by atoms with E-state index in [1.54, 1.807) is 6.07 Å². The first-order chi connectivity index (χ1) is 10.2. The largest absolute Gasteiger partial charge is 0.370 e. The quantitative estimate of drug-likeness (QED) is 0.731. The lowest BCUT2D eigenvalue weighted by molar-refractivity contribution is 0.0943. The Morgan fingerprint density at radius 2 is 2.14 bits per heavy atom. The summed E-state index contributed by atoms with van der Waals surface area (Å²) in [6.45, 7) is 7.78. The van der Waals surface area contributed by atoms with Gasteiger partial charge < -0.3 is 10.6 Å². The van der Waals surface area contributed by atoms with Crippen molar-refractivity contribution in [1.82, 2.24) is 15.2 Å². The fraction of sp³-hybridized carbons (Fsp3) is 0.625. The van der Waals surface area contributed by atoms with Gasteiger partial charge in [-0.3, -0.25) is 9.69 Å². The summed E-state index contributed by atoms with van der Waals surface area (Å²) in [5.74, 6) is 0.666. The molecule has 2 N–H and O–H groups in total. The van der Waals surface area contributed by atoms with Gasteiger partial charge in [-0.15, -0.1) is 0 Å². The van der Waals surface area contributed by atoms with E-state index in [-0.39, 0.29) is 5.91 Å². The lowest BCUT2D eigenvalue weighted by atomic mass is 10.3. The highest BCUT2D eigenvalue weighted by Gasteiger charge is 2.27. The molecule has 1 aromatic heterocycles. The van der Waals surface area contributed by atoms with E-state index < -0.39 is 0 Å². The lowest BCUT2D eigenvalue weighted by Crippen LogP contribution is -2.36. The minimum Gasteiger partial charge on any atom is -0.370 e. The number of amides is 1. The van der Waals surface area contributed by atoms with Crippen molar-refractivity contribution in [2.45, 2.75) is 39.2 Å². The van der Waals surface area contributed by atoms with Gasteiger partial charge in [0.15, 0.2) is 0 Å². The fourth-order valence-corrected chi connectivity index (χ4v) is 2.35. The average Bonchev–Trinajstić information content (AvgIpc) is 3.34. The number of likely N-dealkylation sites (N-methyl/N-ethyl adjacent to an activating group) is 1. The van der Waals surface area contributed by atoms with Gasteiger partial charge in [0, 0.05) is 25.7 Å². The fourth-order valence-electron chi connectivity index (χ4n) is 2.35. The maximum absolute atomic E-state index is 12.1. The smallest absolute Gasteiger partial charge is 0.270 e. The molecule has 5 heteroatoms. The van der Waals surface area contributed by atoms with Gasteiger partial charge in [0.25, 0.3) is 5.91 Å². The van der Waals surface area contributed by atoms with Crippen molar-refractivity contribution in [3.05, 3.63) is 23.9 Å². The Morgan fingerprint density at radius 1 is 1.33 bits per heavy atom. The van der Waals surface area contributed by atoms with Gasteiger partial charge >= 0.3 is 0 Å². The summed E-state index contributed by atoms with van der Waals surface area (Å²) in [5, 5.41) is 6.16. The molecule has 0 radical (unpaired) electrons. The molecule has 0 aromatic carbocycles. The minimum absolute atomic E-state index is 0.0954. The maximum Gasteiger partial charge on any atom is 0.270 e. The molecule has 116 valence electrons. The van der Waals surface area contributed by atoms with Gasteiger partial charge in [0.2, 0.25) is 0 Å². The van der Waals surface area contributed by atoms with Gasteiger partial charge in [0.1, 0.15) is 11.5 Å². The molecule has 0 bridgehead atoms. The molecule has 0 unspecified atom stereocenters. The monoisotopic (exact) mass is 290 g/mol. The summed E-state index contributed by atoms with van der Waals surface area (Å²) in [5.41, 5.74) is 0.477. The number of nitrogens with one attached hydrogen (secondary N) is 2. The molecule has 21 heavy (non-hydrogen) atoms. The number of hydrogen-bond donors (Lipinski definition) is 2. The molecule has 5 nitrogen and oxygen atoms in total. The van der Waals surface area contributed by atoms with Gasteiger partial charge in [-0.2, -0.15) is 0 Å². The molecule has 1 saturated carbocycles. The minimum atomic E-state index is -0.0954. The van der Waals surface area contributed by atoms with Crippen molar-refractivity contribution in [2.24, 2.45) is 0 Å². The van der Waals surface area contributed by atoms with E-state index in [0.717, 1.165) is 37.9 Å². The summed E-state index contributed by atoms with van der Waals surface area (Å²) < 4.78 is 0. The topological polar surface area (TPSA) is 57.3 Å². The Morgan fingerprint density at radius 3 is 2.81 bits per heavy atom. The van der Waals surface area contributed by atoms with Crippen LogP contribution in [0.1, 0.15) is 43.6 Å². The Bertz CT molecular complexity index is 459. The van der Waals surface area contributed by atoms with Crippen LogP contribution in [-0.2, 0) is 0 Å². The van der Waals surface area contributed by atoms with Crippen LogP contribution in [0.5, 0.6) is 0 Å². The third-order valence-corrected chi connectivity index (χ3v) is 3.69. The molecule has 1 heterocycles. The summed E-state index contributed by atoms with van der Waals surface area (Å²) in [6.07, 6.45) is 3.63. The van der Waals surface area contributed by atoms with Crippen LogP contribution in [0.25, 0.3) is 0 Å². The Labute approximate surface area is 127 Å². The summed E-state index contributed by atoms with van der Waals surface area (Å²) in [7, 11) is 0. The standard InChI is InChI=1S/C16H26N4O/c1-3-10-17-15-7-5-6-14(19-15)16(21)18-11-12-20(4-2)13-8-9-13/h5-7,13H,3-4,8-12H2,1-2H3,(H,17,19)(H,18,21). The number of carbonyl (C=O) groups excluding carboxylic acids is 1. The molecular formula is C16H26N4O. The third kappa shape index (κ3) is 5.01. The van der Waals surface area contributed by atoms with Crippen molar-refractivity contribution in [3.8, 4) is 0 Å². The molecule has 2 rings (SSSR count). The van der Waals surface area contributed by atoms with E-state index in [1.165, 1.54) is 12.8 Å². The average molecular weight is 290 g/mol. The number of pyridine rings is 1. The van der Waals surface area contributed by atoms with Crippen LogP contribution in [0.3, 0.4) is 0 Å². The summed E-state index contributed by atoms with van der Waals surface area (Å²) >= 11 is 0. The molecule has 1 aromatic rings. The lowest BCUT2D eigenvalue weighted by Gasteiger charge is -2.19. The van der Waals surface area contributed by atoms with Crippen LogP contribution >= 0.6 is 0 Å². The zero-order valence-electron chi connectivity index (χ0n) is 13.1. The van der Waals surface area contributed by atoms with Crippen molar-refractivity contribution in [1.29, 1.82) is 0 Å². The van der Waals surface area contributed by atoms with Gasteiger partial charge in [-0.1, -0.05) is 19.9 Å². The van der Waals surface area contributed by atoms with Crippen molar-refractivity contribution < 1.29 is 4.79 Å². The van der Waals surface area contributed by atoms with E-state index in [9.17, 15) is 4.79 Å². The summed E-state index contributed by atoms with van der Waals surface area (Å²) in [4.78, 5) is 18.9. The molecule has 1 amide bonds.